The minimum atomic E-state index is -1.85. The zero-order valence-corrected chi connectivity index (χ0v) is 42.1. The molecule has 9 fully saturated rings. The summed E-state index contributed by atoms with van der Waals surface area (Å²) < 4.78 is 62.2. The van der Waals surface area contributed by atoms with Crippen molar-refractivity contribution in [2.75, 3.05) is 13.2 Å². The molecule has 6 saturated heterocycles. The number of ether oxygens (including phenoxy) is 10. The summed E-state index contributed by atoms with van der Waals surface area (Å²) >= 11 is 0. The lowest BCUT2D eigenvalue weighted by Gasteiger charge is -2.59. The zero-order valence-electron chi connectivity index (χ0n) is 42.1. The van der Waals surface area contributed by atoms with Gasteiger partial charge in [0.15, 0.2) is 30.9 Å². The molecule has 0 aromatic rings. The van der Waals surface area contributed by atoms with Crippen LogP contribution in [0, 0.1) is 46.3 Å². The van der Waals surface area contributed by atoms with E-state index in [0.29, 0.717) is 48.3 Å². The summed E-state index contributed by atoms with van der Waals surface area (Å²) in [7, 11) is 0. The molecule has 1 spiro atoms. The fourth-order valence-electron chi connectivity index (χ4n) is 15.4. The van der Waals surface area contributed by atoms with E-state index in [-0.39, 0.29) is 16.9 Å². The first-order chi connectivity index (χ1) is 33.6. The summed E-state index contributed by atoms with van der Waals surface area (Å²) in [6, 6.07) is 0. The van der Waals surface area contributed by atoms with Crippen LogP contribution in [-0.4, -0.2) is 205 Å². The highest BCUT2D eigenvalue weighted by molar-refractivity contribution is 5.26. The summed E-state index contributed by atoms with van der Waals surface area (Å²) in [4.78, 5) is 0. The van der Waals surface area contributed by atoms with Gasteiger partial charge >= 0.3 is 0 Å². The predicted molar refractivity (Wildman–Crippen MR) is 244 cm³/mol. The number of hydrogen-bond acceptors (Lipinski definition) is 20. The summed E-state index contributed by atoms with van der Waals surface area (Å²) in [6.07, 6.45) is -19.0. The number of hydrogen-bond donors (Lipinski definition) is 10. The third-order valence-electron chi connectivity index (χ3n) is 19.7. The Labute approximate surface area is 415 Å². The Kier molecular flexibility index (Phi) is 15.1. The largest absolute Gasteiger partial charge is 0.394 e. The second kappa shape index (κ2) is 20.1. The van der Waals surface area contributed by atoms with Crippen LogP contribution in [0.4, 0.5) is 0 Å². The first kappa shape index (κ1) is 53.3. The van der Waals surface area contributed by atoms with Gasteiger partial charge in [0.25, 0.3) is 0 Å². The molecule has 0 radical (unpaired) electrons. The highest BCUT2D eigenvalue weighted by atomic mass is 16.8. The molecule has 31 atom stereocenters. The topological polar surface area (TPSA) is 295 Å². The molecule has 6 aliphatic heterocycles. The van der Waals surface area contributed by atoms with E-state index >= 15 is 0 Å². The van der Waals surface area contributed by atoms with Gasteiger partial charge in [-0.15, -0.1) is 0 Å². The highest BCUT2D eigenvalue weighted by Gasteiger charge is 2.69. The second-order valence-electron chi connectivity index (χ2n) is 23.8. The van der Waals surface area contributed by atoms with Crippen molar-refractivity contribution in [3.8, 4) is 0 Å². The number of aliphatic hydroxyl groups is 10. The Balaban J connectivity index is 0.836. The van der Waals surface area contributed by atoms with E-state index < -0.39 is 141 Å². The minimum Gasteiger partial charge on any atom is -0.394 e. The fraction of sp³-hybridized carbons (Fsp3) is 0.961. The maximum Gasteiger partial charge on any atom is 0.187 e. The molecule has 0 aromatic heterocycles. The Morgan fingerprint density at radius 3 is 1.82 bits per heavy atom. The third-order valence-corrected chi connectivity index (χ3v) is 19.7. The standard InChI is InChI=1S/C51H82O20/c1-20-10-15-51(62-19-20)21(2)32-30(71-51)17-29-27-9-8-25-16-26(11-13-49(25,6)28(27)12-14-50(29,32)7)66-48-44(70-46-39(59)36(56)34(54)23(4)64-46)41(61)43(31(18-52)67-48)69-47-40(60)37(57)42(24(5)65-47)68-45-38(58)35(55)33(53)22(3)63-45/h8,20-24,26-48,52-61H,9-19H2,1-7H3/t20-,21+,22+,23+,24+,26+,27?,28?,29?,30?,31-,32?,33+,34+,35-,36-,37+,38-,39-,40-,41+,42+,43-,44-,45+,46+,47+,48-,49+,50+,51-/m1/s1. The van der Waals surface area contributed by atoms with E-state index in [1.165, 1.54) is 26.3 Å². The lowest BCUT2D eigenvalue weighted by atomic mass is 9.47. The molecule has 20 heteroatoms. The van der Waals surface area contributed by atoms with E-state index in [4.69, 9.17) is 47.4 Å². The van der Waals surface area contributed by atoms with Gasteiger partial charge < -0.3 is 98.4 Å². The first-order valence-corrected chi connectivity index (χ1v) is 26.6. The van der Waals surface area contributed by atoms with Crippen LogP contribution in [0.25, 0.3) is 0 Å². The second-order valence-corrected chi connectivity index (χ2v) is 23.8. The van der Waals surface area contributed by atoms with Crippen LogP contribution < -0.4 is 0 Å². The molecule has 10 aliphatic rings. The molecule has 0 bridgehead atoms. The summed E-state index contributed by atoms with van der Waals surface area (Å²) in [5, 5.41) is 109. The van der Waals surface area contributed by atoms with Crippen LogP contribution in [0.1, 0.15) is 106 Å². The van der Waals surface area contributed by atoms with Crippen LogP contribution in [0.5, 0.6) is 0 Å². The van der Waals surface area contributed by atoms with Crippen molar-refractivity contribution in [1.82, 2.24) is 0 Å². The molecule has 5 unspecified atom stereocenters. The van der Waals surface area contributed by atoms with Crippen molar-refractivity contribution in [2.45, 2.75) is 247 Å². The van der Waals surface area contributed by atoms with Crippen molar-refractivity contribution in [3.05, 3.63) is 11.6 Å². The van der Waals surface area contributed by atoms with Gasteiger partial charge in [0.1, 0.15) is 79.4 Å². The van der Waals surface area contributed by atoms with Gasteiger partial charge in [-0.25, -0.2) is 0 Å². The Morgan fingerprint density at radius 2 is 1.20 bits per heavy atom. The van der Waals surface area contributed by atoms with E-state index in [1.807, 2.05) is 0 Å². The van der Waals surface area contributed by atoms with Gasteiger partial charge in [0.05, 0.1) is 43.7 Å². The van der Waals surface area contributed by atoms with Crippen LogP contribution in [0.15, 0.2) is 11.6 Å². The third kappa shape index (κ3) is 9.03. The van der Waals surface area contributed by atoms with Crippen LogP contribution in [0.2, 0.25) is 0 Å². The van der Waals surface area contributed by atoms with Crippen molar-refractivity contribution < 1.29 is 98.4 Å². The Bertz CT molecular complexity index is 1890. The molecular formula is C51H82O20. The summed E-state index contributed by atoms with van der Waals surface area (Å²) in [5.41, 5.74) is 1.44. The number of rotatable bonds is 9. The SMILES string of the molecule is C[C@@H]1CC[C@@]2(OC1)OC1CC3C4CC=C5C[C@@H](O[C@@H]6O[C@H](CO)[C@@H](O[C@@H]7O[C@@H](C)[C@H](O[C@@H]8O[C@@H](C)[C@H](O)[C@@H](O)[C@H]8O)[C@@H](O)[C@H]7O)[C@H](O)[C@H]6O[C@@H]6O[C@@H](C)[C@H](O)[C@@H](O)[C@H]6O)CC[C@]5(C)C4CC[C@]3(C)C1[C@@H]2C. The van der Waals surface area contributed by atoms with Gasteiger partial charge in [0.2, 0.25) is 0 Å². The molecule has 20 nitrogen and oxygen atoms in total. The molecule has 10 rings (SSSR count). The molecule has 3 saturated carbocycles. The lowest BCUT2D eigenvalue weighted by Crippen LogP contribution is -2.67. The molecular weight excluding hydrogens is 933 g/mol. The number of aliphatic hydroxyl groups excluding tert-OH is 10. The van der Waals surface area contributed by atoms with Gasteiger partial charge in [-0.05, 0) is 113 Å². The molecule has 0 amide bonds. The molecule has 6 heterocycles. The van der Waals surface area contributed by atoms with Crippen molar-refractivity contribution in [1.29, 1.82) is 0 Å². The summed E-state index contributed by atoms with van der Waals surface area (Å²) in [6.45, 7) is 14.1. The average molecular weight is 1020 g/mol. The van der Waals surface area contributed by atoms with Crippen molar-refractivity contribution >= 4 is 0 Å². The van der Waals surface area contributed by atoms with Gasteiger partial charge in [-0.1, -0.05) is 39.3 Å². The fourth-order valence-corrected chi connectivity index (χ4v) is 15.4. The lowest BCUT2D eigenvalue weighted by molar-refractivity contribution is -0.394. The smallest absolute Gasteiger partial charge is 0.187 e. The number of allylic oxidation sites excluding steroid dienone is 1. The average Bonchev–Trinajstić information content (AvgIpc) is 3.79. The minimum absolute atomic E-state index is 0.0569. The van der Waals surface area contributed by atoms with Gasteiger partial charge in [0, 0.05) is 12.3 Å². The first-order valence-electron chi connectivity index (χ1n) is 26.6. The van der Waals surface area contributed by atoms with E-state index in [0.717, 1.165) is 51.6 Å². The molecule has 71 heavy (non-hydrogen) atoms. The zero-order chi connectivity index (χ0) is 50.8. The quantitative estimate of drug-likeness (QED) is 0.137. The van der Waals surface area contributed by atoms with E-state index in [2.05, 4.69) is 33.8 Å². The molecule has 10 N–H and O–H groups in total. The van der Waals surface area contributed by atoms with Gasteiger partial charge in [-0.2, -0.15) is 0 Å². The van der Waals surface area contributed by atoms with E-state index in [9.17, 15) is 51.1 Å². The normalized spacial score (nSPS) is 58.4. The Hall–Kier alpha value is -1.06. The Morgan fingerprint density at radius 1 is 0.592 bits per heavy atom. The van der Waals surface area contributed by atoms with Gasteiger partial charge in [-0.3, -0.25) is 0 Å². The summed E-state index contributed by atoms with van der Waals surface area (Å²) in [5.74, 6) is 2.46. The van der Waals surface area contributed by atoms with Crippen LogP contribution >= 0.6 is 0 Å². The van der Waals surface area contributed by atoms with Crippen molar-refractivity contribution in [2.24, 2.45) is 46.3 Å². The van der Waals surface area contributed by atoms with Crippen molar-refractivity contribution in [3.63, 3.8) is 0 Å². The van der Waals surface area contributed by atoms with E-state index in [1.54, 1.807) is 0 Å². The number of fused-ring (bicyclic) bond motifs is 7. The maximum atomic E-state index is 12.2. The molecule has 4 aliphatic carbocycles. The highest BCUT2D eigenvalue weighted by Crippen LogP contribution is 2.71. The van der Waals surface area contributed by atoms with Crippen LogP contribution in [0.3, 0.4) is 0 Å². The van der Waals surface area contributed by atoms with Crippen LogP contribution in [-0.2, 0) is 47.4 Å². The predicted octanol–water partition coefficient (Wildman–Crippen LogP) is 0.0935. The molecule has 0 aromatic carbocycles. The monoisotopic (exact) mass is 1010 g/mol. The maximum absolute atomic E-state index is 12.2. The molecule has 406 valence electrons.